The summed E-state index contributed by atoms with van der Waals surface area (Å²) in [4.78, 5) is 30.3. The fraction of sp³-hybridized carbons (Fsp3) is 0.150. The first-order valence-corrected chi connectivity index (χ1v) is 9.72. The van der Waals surface area contributed by atoms with Gasteiger partial charge in [-0.25, -0.2) is 4.99 Å². The molecule has 0 atom stereocenters. The van der Waals surface area contributed by atoms with Gasteiger partial charge in [0.05, 0.1) is 10.6 Å². The maximum Gasteiger partial charge on any atom is 0.266 e. The molecule has 1 aliphatic rings. The van der Waals surface area contributed by atoms with Crippen molar-refractivity contribution in [1.29, 1.82) is 0 Å². The van der Waals surface area contributed by atoms with Crippen LogP contribution >= 0.6 is 23.4 Å². The van der Waals surface area contributed by atoms with E-state index >= 15 is 0 Å². The first-order valence-electron chi connectivity index (χ1n) is 8.53. The summed E-state index contributed by atoms with van der Waals surface area (Å²) in [6.07, 6.45) is 1.80. The van der Waals surface area contributed by atoms with E-state index < -0.39 is 5.91 Å². The normalized spacial score (nSPS) is 16.8. The monoisotopic (exact) mass is 415 g/mol. The Morgan fingerprint density at radius 1 is 1.21 bits per heavy atom. The fourth-order valence-electron chi connectivity index (χ4n) is 2.46. The molecule has 0 aromatic heterocycles. The van der Waals surface area contributed by atoms with Crippen LogP contribution in [0, 0.1) is 0 Å². The zero-order valence-corrected chi connectivity index (χ0v) is 16.7. The number of ether oxygens (including phenoxy) is 1. The quantitative estimate of drug-likeness (QED) is 0.726. The van der Waals surface area contributed by atoms with Gasteiger partial charge in [-0.2, -0.15) is 0 Å². The number of nitrogens with zero attached hydrogens (tertiary/aromatic N) is 2. The minimum absolute atomic E-state index is 0.0886. The van der Waals surface area contributed by atoms with Gasteiger partial charge in [0.2, 0.25) is 0 Å². The molecule has 1 aliphatic heterocycles. The van der Waals surface area contributed by atoms with E-state index in [-0.39, 0.29) is 12.5 Å². The van der Waals surface area contributed by atoms with Gasteiger partial charge in [0.25, 0.3) is 11.8 Å². The zero-order valence-electron chi connectivity index (χ0n) is 15.1. The number of thioether (sulfide) groups is 1. The van der Waals surface area contributed by atoms with Crippen LogP contribution in [0.1, 0.15) is 12.5 Å². The van der Waals surface area contributed by atoms with E-state index in [9.17, 15) is 9.59 Å². The van der Waals surface area contributed by atoms with Gasteiger partial charge in [0.1, 0.15) is 5.75 Å². The predicted octanol–water partition coefficient (Wildman–Crippen LogP) is 3.83. The molecule has 144 valence electrons. The highest BCUT2D eigenvalue weighted by Crippen LogP contribution is 2.34. The Labute approximate surface area is 172 Å². The number of halogens is 1. The molecule has 2 aromatic rings. The van der Waals surface area contributed by atoms with Crippen LogP contribution in [-0.2, 0) is 9.59 Å². The largest absolute Gasteiger partial charge is 0.484 e. The minimum atomic E-state index is -0.536. The van der Waals surface area contributed by atoms with Crippen molar-refractivity contribution in [3.8, 4) is 5.75 Å². The number of primary amides is 1. The molecule has 0 aliphatic carbocycles. The summed E-state index contributed by atoms with van der Waals surface area (Å²) in [5.41, 5.74) is 6.63. The maximum absolute atomic E-state index is 12.7. The van der Waals surface area contributed by atoms with Gasteiger partial charge in [0, 0.05) is 11.6 Å². The first kappa shape index (κ1) is 20.0. The highest BCUT2D eigenvalue weighted by molar-refractivity contribution is 8.18. The van der Waals surface area contributed by atoms with Crippen LogP contribution in [-0.4, -0.2) is 35.0 Å². The third kappa shape index (κ3) is 4.94. The van der Waals surface area contributed by atoms with Gasteiger partial charge in [-0.3, -0.25) is 14.5 Å². The number of hydrogen-bond acceptors (Lipinski definition) is 5. The lowest BCUT2D eigenvalue weighted by Crippen LogP contribution is -2.28. The Balaban J connectivity index is 1.79. The number of carbonyl (C=O) groups is 2. The Kier molecular flexibility index (Phi) is 6.38. The number of aliphatic imine (C=N–C) groups is 1. The van der Waals surface area contributed by atoms with Crippen LogP contribution in [0.25, 0.3) is 6.08 Å². The Hall–Kier alpha value is -2.77. The number of carbonyl (C=O) groups excluding carboxylic acids is 2. The molecule has 0 radical (unpaired) electrons. The van der Waals surface area contributed by atoms with Gasteiger partial charge in [0.15, 0.2) is 11.8 Å². The molecule has 2 amide bonds. The van der Waals surface area contributed by atoms with Crippen LogP contribution in [0.15, 0.2) is 58.4 Å². The van der Waals surface area contributed by atoms with Crippen LogP contribution in [0.2, 0.25) is 5.02 Å². The molecule has 1 heterocycles. The molecule has 28 heavy (non-hydrogen) atoms. The minimum Gasteiger partial charge on any atom is -0.484 e. The summed E-state index contributed by atoms with van der Waals surface area (Å²) in [5.74, 6) is -0.0906. The third-order valence-corrected chi connectivity index (χ3v) is 5.07. The Morgan fingerprint density at radius 3 is 2.50 bits per heavy atom. The van der Waals surface area contributed by atoms with Gasteiger partial charge < -0.3 is 10.5 Å². The van der Waals surface area contributed by atoms with E-state index in [1.807, 2.05) is 19.1 Å². The summed E-state index contributed by atoms with van der Waals surface area (Å²) in [6.45, 7) is 2.25. The Morgan fingerprint density at radius 2 is 1.89 bits per heavy atom. The molecule has 8 heteroatoms. The SMILES string of the molecule is CCN1C(=O)/C(=C/c2ccc(OCC(N)=O)cc2)SC1=Nc1ccc(Cl)cc1. The summed E-state index contributed by atoms with van der Waals surface area (Å²) in [6, 6.07) is 14.2. The van der Waals surface area contributed by atoms with Crippen LogP contribution < -0.4 is 10.5 Å². The molecule has 2 N–H and O–H groups in total. The highest BCUT2D eigenvalue weighted by Gasteiger charge is 2.32. The summed E-state index contributed by atoms with van der Waals surface area (Å²) in [5, 5.41) is 1.26. The maximum atomic E-state index is 12.7. The molecular formula is C20H18ClN3O3S. The molecule has 0 bridgehead atoms. The number of hydrogen-bond donors (Lipinski definition) is 1. The average Bonchev–Trinajstić information content (AvgIpc) is 2.97. The van der Waals surface area contributed by atoms with Crippen molar-refractivity contribution in [2.45, 2.75) is 6.92 Å². The number of rotatable bonds is 6. The second kappa shape index (κ2) is 8.95. The van der Waals surface area contributed by atoms with Gasteiger partial charge in [-0.15, -0.1) is 0 Å². The number of nitrogens with two attached hydrogens (primary N) is 1. The van der Waals surface area contributed by atoms with Crippen LogP contribution in [0.4, 0.5) is 5.69 Å². The van der Waals surface area contributed by atoms with Crippen molar-refractivity contribution >= 4 is 52.1 Å². The van der Waals surface area contributed by atoms with E-state index in [2.05, 4.69) is 4.99 Å². The smallest absolute Gasteiger partial charge is 0.266 e. The third-order valence-electron chi connectivity index (χ3n) is 3.81. The summed E-state index contributed by atoms with van der Waals surface area (Å²) >= 11 is 7.23. The molecule has 0 spiro atoms. The molecular weight excluding hydrogens is 398 g/mol. The van der Waals surface area contributed by atoms with Crippen molar-refractivity contribution in [3.05, 3.63) is 64.0 Å². The van der Waals surface area contributed by atoms with Crippen molar-refractivity contribution in [2.24, 2.45) is 10.7 Å². The van der Waals surface area contributed by atoms with Crippen molar-refractivity contribution in [1.82, 2.24) is 4.90 Å². The molecule has 2 aromatic carbocycles. The second-order valence-corrected chi connectivity index (χ2v) is 7.30. The predicted molar refractivity (Wildman–Crippen MR) is 113 cm³/mol. The van der Waals surface area contributed by atoms with Crippen molar-refractivity contribution in [3.63, 3.8) is 0 Å². The molecule has 6 nitrogen and oxygen atoms in total. The fourth-order valence-corrected chi connectivity index (χ4v) is 3.65. The van der Waals surface area contributed by atoms with E-state index in [1.165, 1.54) is 11.8 Å². The topological polar surface area (TPSA) is 85.0 Å². The number of likely N-dealkylation sites (N-methyl/N-ethyl adjacent to an activating group) is 1. The Bertz CT molecular complexity index is 940. The number of amidine groups is 1. The van der Waals surface area contributed by atoms with E-state index in [4.69, 9.17) is 22.1 Å². The van der Waals surface area contributed by atoms with Crippen molar-refractivity contribution < 1.29 is 14.3 Å². The van der Waals surface area contributed by atoms with E-state index in [1.54, 1.807) is 47.4 Å². The lowest BCUT2D eigenvalue weighted by Gasteiger charge is -2.11. The lowest BCUT2D eigenvalue weighted by atomic mass is 10.2. The first-order chi connectivity index (χ1) is 13.5. The zero-order chi connectivity index (χ0) is 20.1. The van der Waals surface area contributed by atoms with Crippen LogP contribution in [0.5, 0.6) is 5.75 Å². The highest BCUT2D eigenvalue weighted by atomic mass is 35.5. The number of benzene rings is 2. The lowest BCUT2D eigenvalue weighted by molar-refractivity contribution is -0.122. The van der Waals surface area contributed by atoms with Gasteiger partial charge in [-0.05, 0) is 66.7 Å². The van der Waals surface area contributed by atoms with E-state index in [0.29, 0.717) is 27.4 Å². The molecule has 0 saturated carbocycles. The van der Waals surface area contributed by atoms with Crippen molar-refractivity contribution in [2.75, 3.05) is 13.2 Å². The average molecular weight is 416 g/mol. The molecule has 1 fully saturated rings. The van der Waals surface area contributed by atoms with Gasteiger partial charge in [-0.1, -0.05) is 23.7 Å². The van der Waals surface area contributed by atoms with Crippen LogP contribution in [0.3, 0.4) is 0 Å². The molecule has 3 rings (SSSR count). The molecule has 1 saturated heterocycles. The summed E-state index contributed by atoms with van der Waals surface area (Å²) in [7, 11) is 0. The van der Waals surface area contributed by atoms with E-state index in [0.717, 1.165) is 11.3 Å². The molecule has 0 unspecified atom stereocenters. The second-order valence-electron chi connectivity index (χ2n) is 5.85. The number of amides is 2. The standard InChI is InChI=1S/C20H18ClN3O3S/c1-2-24-19(26)17(28-20(24)23-15-7-5-14(21)6-8-15)11-13-3-9-16(10-4-13)27-12-18(22)25/h3-11H,2,12H2,1H3,(H2,22,25)/b17-11-,23-20?. The summed E-state index contributed by atoms with van der Waals surface area (Å²) < 4.78 is 5.24. The van der Waals surface area contributed by atoms with Gasteiger partial charge >= 0.3 is 0 Å².